The molecule has 0 aliphatic carbocycles. The molecule has 0 bridgehead atoms. The van der Waals surface area contributed by atoms with Gasteiger partial charge in [-0.1, -0.05) is 30.3 Å². The molecule has 2 aromatic heterocycles. The number of aryl methyl sites for hydroxylation is 2. The van der Waals surface area contributed by atoms with Gasteiger partial charge in [0.25, 0.3) is 11.5 Å². The lowest BCUT2D eigenvalue weighted by Crippen LogP contribution is -2.32. The van der Waals surface area contributed by atoms with Crippen molar-refractivity contribution in [2.75, 3.05) is 5.32 Å². The quantitative estimate of drug-likeness (QED) is 0.516. The molecule has 4 aromatic rings. The molecule has 0 atom stereocenters. The van der Waals surface area contributed by atoms with E-state index in [-0.39, 0.29) is 15.8 Å². The first-order valence-corrected chi connectivity index (χ1v) is 11.0. The van der Waals surface area contributed by atoms with E-state index in [2.05, 4.69) is 10.3 Å². The molecule has 4 rings (SSSR count). The van der Waals surface area contributed by atoms with E-state index in [0.29, 0.717) is 15.9 Å². The number of nitrogens with zero attached hydrogens (tertiary/aromatic N) is 3. The van der Waals surface area contributed by atoms with Gasteiger partial charge < -0.3 is 5.32 Å². The molecule has 0 aliphatic heterocycles. The van der Waals surface area contributed by atoms with Crippen LogP contribution in [0.1, 0.15) is 16.7 Å². The first-order valence-electron chi connectivity index (χ1n) is 10.2. The van der Waals surface area contributed by atoms with Crippen LogP contribution in [-0.4, -0.2) is 15.5 Å². The second-order valence-electron chi connectivity index (χ2n) is 7.43. The molecule has 6 nitrogen and oxygen atoms in total. The largest absolute Gasteiger partial charge is 0.321 e. The van der Waals surface area contributed by atoms with Crippen molar-refractivity contribution < 1.29 is 4.79 Å². The van der Waals surface area contributed by atoms with Gasteiger partial charge in [0.2, 0.25) is 0 Å². The lowest BCUT2D eigenvalue weighted by Gasteiger charge is -2.09. The predicted octanol–water partition coefficient (Wildman–Crippen LogP) is 3.05. The smallest absolute Gasteiger partial charge is 0.273 e. The van der Waals surface area contributed by atoms with Crippen LogP contribution in [0.3, 0.4) is 0 Å². The van der Waals surface area contributed by atoms with E-state index in [4.69, 9.17) is 0 Å². The molecule has 1 amide bonds. The fraction of sp³-hybridized carbons (Fsp3) is 0.0769. The summed E-state index contributed by atoms with van der Waals surface area (Å²) in [6.07, 6.45) is 5.01. The summed E-state index contributed by atoms with van der Waals surface area (Å²) in [5.41, 5.74) is 3.44. The zero-order valence-electron chi connectivity index (χ0n) is 18.1. The van der Waals surface area contributed by atoms with Crippen molar-refractivity contribution in [1.82, 2.24) is 9.55 Å². The van der Waals surface area contributed by atoms with Gasteiger partial charge >= 0.3 is 0 Å². The Morgan fingerprint density at radius 1 is 1.09 bits per heavy atom. The Kier molecular flexibility index (Phi) is 6.29. The summed E-state index contributed by atoms with van der Waals surface area (Å²) < 4.78 is 2.10. The lowest BCUT2D eigenvalue weighted by molar-refractivity contribution is -0.111. The molecule has 0 spiro atoms. The normalized spacial score (nSPS) is 12.2. The maximum Gasteiger partial charge on any atom is 0.273 e. The molecule has 0 aliphatic rings. The molecule has 1 N–H and O–H groups in total. The van der Waals surface area contributed by atoms with E-state index >= 15 is 0 Å². The maximum absolute atomic E-state index is 13.4. The summed E-state index contributed by atoms with van der Waals surface area (Å²) in [7, 11) is 0. The van der Waals surface area contributed by atoms with Gasteiger partial charge in [-0.2, -0.15) is 5.26 Å². The summed E-state index contributed by atoms with van der Waals surface area (Å²) >= 11 is 1.11. The number of aromatic nitrogens is 2. The Morgan fingerprint density at radius 3 is 2.52 bits per heavy atom. The second-order valence-corrected chi connectivity index (χ2v) is 8.46. The summed E-state index contributed by atoms with van der Waals surface area (Å²) in [6.45, 7) is 3.81. The highest BCUT2D eigenvalue weighted by Crippen LogP contribution is 2.17. The Hall–Kier alpha value is -4.28. The Bertz CT molecular complexity index is 1550. The van der Waals surface area contributed by atoms with Gasteiger partial charge in [0.1, 0.15) is 10.7 Å². The van der Waals surface area contributed by atoms with Gasteiger partial charge in [-0.25, -0.2) is 0 Å². The van der Waals surface area contributed by atoms with Crippen molar-refractivity contribution in [3.8, 4) is 11.8 Å². The topological polar surface area (TPSA) is 87.8 Å². The molecule has 162 valence electrons. The molecule has 0 radical (unpaired) electrons. The minimum Gasteiger partial charge on any atom is -0.321 e. The highest BCUT2D eigenvalue weighted by molar-refractivity contribution is 7.07. The summed E-state index contributed by atoms with van der Waals surface area (Å²) in [6, 6.07) is 20.3. The zero-order chi connectivity index (χ0) is 23.4. The molecule has 2 heterocycles. The van der Waals surface area contributed by atoms with Crippen LogP contribution >= 0.6 is 11.3 Å². The number of thiazole rings is 1. The number of benzene rings is 2. The van der Waals surface area contributed by atoms with E-state index in [0.717, 1.165) is 28.0 Å². The monoisotopic (exact) mass is 452 g/mol. The first kappa shape index (κ1) is 21.9. The third-order valence-electron chi connectivity index (χ3n) is 5.04. The van der Waals surface area contributed by atoms with Crippen LogP contribution in [0.25, 0.3) is 17.3 Å². The number of pyridine rings is 1. The second kappa shape index (κ2) is 9.47. The number of carbonyl (C=O) groups excluding carboxylic acids is 1. The third-order valence-corrected chi connectivity index (χ3v) is 6.13. The summed E-state index contributed by atoms with van der Waals surface area (Å²) in [5.74, 6) is -0.562. The van der Waals surface area contributed by atoms with Crippen molar-refractivity contribution in [3.63, 3.8) is 0 Å². The minimum atomic E-state index is -0.562. The summed E-state index contributed by atoms with van der Waals surface area (Å²) in [5, 5.41) is 12.8. The van der Waals surface area contributed by atoms with Crippen LogP contribution in [0.15, 0.2) is 77.9 Å². The Morgan fingerprint density at radius 2 is 1.82 bits per heavy atom. The number of hydrogen-bond donors (Lipinski definition) is 1. The molecule has 33 heavy (non-hydrogen) atoms. The minimum absolute atomic E-state index is 0.128. The van der Waals surface area contributed by atoms with Crippen molar-refractivity contribution in [2.24, 2.45) is 0 Å². The molecular weight excluding hydrogens is 432 g/mol. The molecule has 0 saturated heterocycles. The van der Waals surface area contributed by atoms with E-state index in [1.807, 2.05) is 44.2 Å². The van der Waals surface area contributed by atoms with Crippen molar-refractivity contribution in [1.29, 1.82) is 5.26 Å². The van der Waals surface area contributed by atoms with Crippen molar-refractivity contribution >= 4 is 34.6 Å². The highest BCUT2D eigenvalue weighted by atomic mass is 32.1. The number of nitrogens with one attached hydrogen (secondary N) is 1. The number of nitriles is 1. The molecule has 0 unspecified atom stereocenters. The average Bonchev–Trinajstić information content (AvgIpc) is 3.13. The van der Waals surface area contributed by atoms with E-state index in [9.17, 15) is 14.9 Å². The number of anilines is 1. The Labute approximate surface area is 194 Å². The maximum atomic E-state index is 13.4. The molecule has 2 aromatic carbocycles. The first-order chi connectivity index (χ1) is 16.0. The van der Waals surface area contributed by atoms with Crippen LogP contribution in [0.5, 0.6) is 0 Å². The van der Waals surface area contributed by atoms with Crippen LogP contribution < -0.4 is 20.1 Å². The number of rotatable bonds is 4. The SMILES string of the molecule is Cc1ccc(C)c(NC(=O)/C(C#N)=c2/s/c(=C/c3ccncc3)c(=O)n2-c2ccccc2)c1. The van der Waals surface area contributed by atoms with Gasteiger partial charge in [0, 0.05) is 18.1 Å². The zero-order valence-corrected chi connectivity index (χ0v) is 18.9. The average molecular weight is 453 g/mol. The Balaban J connectivity index is 1.95. The highest BCUT2D eigenvalue weighted by Gasteiger charge is 2.18. The standard InChI is InChI=1S/C26H20N4O2S/c1-17-8-9-18(2)22(14-17)29-24(31)21(16-27)26-30(20-6-4-3-5-7-20)25(32)23(33-26)15-19-10-12-28-13-11-19/h3-15H,1-2H3,(H,29,31)/b23-15+,26-21+. The van der Waals surface area contributed by atoms with E-state index in [1.165, 1.54) is 4.57 Å². The van der Waals surface area contributed by atoms with Gasteiger partial charge in [-0.05, 0) is 66.9 Å². The molecule has 0 fully saturated rings. The van der Waals surface area contributed by atoms with Gasteiger partial charge in [0.05, 0.1) is 10.2 Å². The van der Waals surface area contributed by atoms with Gasteiger partial charge in [0.15, 0.2) is 5.57 Å². The van der Waals surface area contributed by atoms with E-state index < -0.39 is 5.91 Å². The van der Waals surface area contributed by atoms with Gasteiger partial charge in [-0.3, -0.25) is 19.1 Å². The molecule has 7 heteroatoms. The van der Waals surface area contributed by atoms with Gasteiger partial charge in [-0.15, -0.1) is 11.3 Å². The molecular formula is C26H20N4O2S. The van der Waals surface area contributed by atoms with Crippen molar-refractivity contribution in [3.05, 3.63) is 109 Å². The van der Waals surface area contributed by atoms with Crippen LogP contribution in [-0.2, 0) is 4.79 Å². The van der Waals surface area contributed by atoms with Crippen molar-refractivity contribution in [2.45, 2.75) is 13.8 Å². The summed E-state index contributed by atoms with van der Waals surface area (Å²) in [4.78, 5) is 30.5. The van der Waals surface area contributed by atoms with Crippen LogP contribution in [0, 0.1) is 25.2 Å². The van der Waals surface area contributed by atoms with Crippen LogP contribution in [0.4, 0.5) is 5.69 Å². The fourth-order valence-electron chi connectivity index (χ4n) is 3.32. The molecule has 0 saturated carbocycles. The number of amides is 1. The number of hydrogen-bond acceptors (Lipinski definition) is 5. The number of para-hydroxylation sites is 1. The third kappa shape index (κ3) is 4.66. The lowest BCUT2D eigenvalue weighted by atomic mass is 10.1. The van der Waals surface area contributed by atoms with E-state index in [1.54, 1.807) is 54.9 Å². The fourth-order valence-corrected chi connectivity index (χ4v) is 4.43. The predicted molar refractivity (Wildman–Crippen MR) is 131 cm³/mol. The van der Waals surface area contributed by atoms with Crippen LogP contribution in [0.2, 0.25) is 0 Å². The number of carbonyl (C=O) groups is 1.